The monoisotopic (exact) mass is 597 g/mol. The maximum Gasteiger partial charge on any atom is 0.331 e. The third-order valence-corrected chi connectivity index (χ3v) is 7.58. The molecule has 0 aliphatic carbocycles. The van der Waals surface area contributed by atoms with Gasteiger partial charge in [-0.1, -0.05) is 155 Å². The quantitative estimate of drug-likeness (QED) is 0.0418. The van der Waals surface area contributed by atoms with Crippen LogP contribution in [0.5, 0.6) is 0 Å². The zero-order chi connectivity index (χ0) is 30.6. The summed E-state index contributed by atoms with van der Waals surface area (Å²) in [4.78, 5) is 23.4. The van der Waals surface area contributed by atoms with Crippen molar-refractivity contribution in [2.75, 3.05) is 39.6 Å². The largest absolute Gasteiger partial charge is 0.460 e. The first kappa shape index (κ1) is 40.6. The van der Waals surface area contributed by atoms with Gasteiger partial charge in [0.05, 0.1) is 13.2 Å². The molecule has 0 atom stereocenters. The van der Waals surface area contributed by atoms with Gasteiger partial charge in [-0.3, -0.25) is 0 Å². The third kappa shape index (κ3) is 34.8. The van der Waals surface area contributed by atoms with Gasteiger partial charge in [0.1, 0.15) is 13.2 Å². The van der Waals surface area contributed by atoms with Crippen LogP contribution in [0.15, 0.2) is 12.2 Å². The molecule has 42 heavy (non-hydrogen) atoms. The van der Waals surface area contributed by atoms with Gasteiger partial charge in [-0.25, -0.2) is 9.59 Å². The van der Waals surface area contributed by atoms with Crippen LogP contribution in [0, 0.1) is 0 Å². The molecule has 6 nitrogen and oxygen atoms in total. The van der Waals surface area contributed by atoms with Gasteiger partial charge in [0, 0.05) is 25.4 Å². The van der Waals surface area contributed by atoms with Gasteiger partial charge in [0.25, 0.3) is 0 Å². The summed E-state index contributed by atoms with van der Waals surface area (Å²) in [5.74, 6) is -1.13. The maximum atomic E-state index is 11.7. The predicted octanol–water partition coefficient (Wildman–Crippen LogP) is 10.1. The van der Waals surface area contributed by atoms with Crippen LogP contribution in [0.25, 0.3) is 0 Å². The van der Waals surface area contributed by atoms with Gasteiger partial charge >= 0.3 is 11.9 Å². The molecule has 0 radical (unpaired) electrons. The van der Waals surface area contributed by atoms with Crippen molar-refractivity contribution in [2.24, 2.45) is 0 Å². The molecular weight excluding hydrogens is 528 g/mol. The summed E-state index contributed by atoms with van der Waals surface area (Å²) in [6.07, 6.45) is 33.8. The Morgan fingerprint density at radius 3 is 0.905 bits per heavy atom. The van der Waals surface area contributed by atoms with Crippen LogP contribution in [0.2, 0.25) is 0 Å². The molecule has 0 saturated carbocycles. The molecule has 0 aromatic heterocycles. The van der Waals surface area contributed by atoms with Crippen LogP contribution >= 0.6 is 0 Å². The van der Waals surface area contributed by atoms with E-state index < -0.39 is 11.9 Å². The van der Waals surface area contributed by atoms with E-state index in [1.807, 2.05) is 0 Å². The molecule has 0 aromatic carbocycles. The molecule has 0 bridgehead atoms. The third-order valence-electron chi connectivity index (χ3n) is 7.58. The van der Waals surface area contributed by atoms with Crippen molar-refractivity contribution in [1.29, 1.82) is 0 Å². The number of carbonyl (C=O) groups is 2. The Balaban J connectivity index is 3.33. The van der Waals surface area contributed by atoms with E-state index in [9.17, 15) is 9.59 Å². The van der Waals surface area contributed by atoms with E-state index in [1.165, 1.54) is 141 Å². The number of hydrogen-bond donors (Lipinski definition) is 0. The Hall–Kier alpha value is -1.40. The summed E-state index contributed by atoms with van der Waals surface area (Å²) < 4.78 is 21.2. The molecule has 0 N–H and O–H groups in total. The van der Waals surface area contributed by atoms with Crippen molar-refractivity contribution in [1.82, 2.24) is 0 Å². The van der Waals surface area contributed by atoms with E-state index in [0.29, 0.717) is 26.4 Å². The molecule has 0 aliphatic heterocycles. The Bertz CT molecular complexity index is 541. The van der Waals surface area contributed by atoms with Crippen molar-refractivity contribution in [3.8, 4) is 0 Å². The number of carbonyl (C=O) groups excluding carboxylic acids is 2. The van der Waals surface area contributed by atoms with Crippen LogP contribution < -0.4 is 0 Å². The normalized spacial score (nSPS) is 11.4. The minimum atomic E-state index is -0.566. The Kier molecular flexibility index (Phi) is 34.6. The molecule has 0 rings (SSSR count). The zero-order valence-corrected chi connectivity index (χ0v) is 27.8. The van der Waals surface area contributed by atoms with E-state index in [1.54, 1.807) is 0 Å². The van der Waals surface area contributed by atoms with E-state index in [4.69, 9.17) is 18.9 Å². The molecule has 0 heterocycles. The average molecular weight is 597 g/mol. The molecule has 6 heteroatoms. The molecule has 0 aliphatic rings. The zero-order valence-electron chi connectivity index (χ0n) is 27.8. The Morgan fingerprint density at radius 2 is 0.619 bits per heavy atom. The standard InChI is InChI=1S/C36H68O6/c1-3-5-7-9-11-13-15-17-19-21-23-25-29-39-31-33-41-35(37)27-28-36(38)42-34-32-40-30-26-24-22-20-18-16-14-12-10-8-6-4-2/h27-28H,3-26,29-34H2,1-2H3/b28-27+. The minimum Gasteiger partial charge on any atom is -0.460 e. The summed E-state index contributed by atoms with van der Waals surface area (Å²) in [5.41, 5.74) is 0. The second-order valence-electron chi connectivity index (χ2n) is 11.7. The highest BCUT2D eigenvalue weighted by atomic mass is 16.6. The van der Waals surface area contributed by atoms with Crippen LogP contribution in [0.3, 0.4) is 0 Å². The second kappa shape index (κ2) is 35.8. The van der Waals surface area contributed by atoms with Crippen LogP contribution in [0.4, 0.5) is 0 Å². The molecular formula is C36H68O6. The van der Waals surface area contributed by atoms with Crippen molar-refractivity contribution in [2.45, 2.75) is 168 Å². The van der Waals surface area contributed by atoms with Gasteiger partial charge in [-0.05, 0) is 12.8 Å². The lowest BCUT2D eigenvalue weighted by Gasteiger charge is -2.06. The fourth-order valence-electron chi connectivity index (χ4n) is 4.93. The lowest BCUT2D eigenvalue weighted by atomic mass is 10.1. The smallest absolute Gasteiger partial charge is 0.331 e. The van der Waals surface area contributed by atoms with Gasteiger partial charge in [0.2, 0.25) is 0 Å². The lowest BCUT2D eigenvalue weighted by Crippen LogP contribution is -2.11. The van der Waals surface area contributed by atoms with Gasteiger partial charge in [0.15, 0.2) is 0 Å². The van der Waals surface area contributed by atoms with E-state index in [2.05, 4.69) is 13.8 Å². The first-order valence-corrected chi connectivity index (χ1v) is 17.9. The molecule has 0 aromatic rings. The fourth-order valence-corrected chi connectivity index (χ4v) is 4.93. The highest BCUT2D eigenvalue weighted by molar-refractivity contribution is 5.91. The number of esters is 2. The fraction of sp³-hybridized carbons (Fsp3) is 0.889. The molecule has 0 fully saturated rings. The number of rotatable bonds is 34. The molecule has 0 unspecified atom stereocenters. The first-order valence-electron chi connectivity index (χ1n) is 17.9. The maximum absolute atomic E-state index is 11.7. The van der Waals surface area contributed by atoms with Crippen LogP contribution in [0.1, 0.15) is 168 Å². The van der Waals surface area contributed by atoms with Gasteiger partial charge in [-0.2, -0.15) is 0 Å². The van der Waals surface area contributed by atoms with E-state index >= 15 is 0 Å². The van der Waals surface area contributed by atoms with Crippen LogP contribution in [-0.2, 0) is 28.5 Å². The minimum absolute atomic E-state index is 0.184. The topological polar surface area (TPSA) is 71.1 Å². The summed E-state index contributed by atoms with van der Waals surface area (Å²) >= 11 is 0. The summed E-state index contributed by atoms with van der Waals surface area (Å²) in [6, 6.07) is 0. The number of unbranched alkanes of at least 4 members (excludes halogenated alkanes) is 22. The number of hydrogen-bond acceptors (Lipinski definition) is 6. The predicted molar refractivity (Wildman–Crippen MR) is 175 cm³/mol. The Morgan fingerprint density at radius 1 is 0.357 bits per heavy atom. The van der Waals surface area contributed by atoms with Gasteiger partial charge in [-0.15, -0.1) is 0 Å². The summed E-state index contributed by atoms with van der Waals surface area (Å²) in [6.45, 7) is 7.03. The van der Waals surface area contributed by atoms with Gasteiger partial charge < -0.3 is 18.9 Å². The highest BCUT2D eigenvalue weighted by Gasteiger charge is 2.02. The van der Waals surface area contributed by atoms with E-state index in [-0.39, 0.29) is 13.2 Å². The SMILES string of the molecule is CCCCCCCCCCCCCCOCCOC(=O)/C=C/C(=O)OCCOCCCCCCCCCCCCCC. The van der Waals surface area contributed by atoms with Crippen LogP contribution in [-0.4, -0.2) is 51.6 Å². The molecule has 0 spiro atoms. The Labute approximate surface area is 260 Å². The van der Waals surface area contributed by atoms with Crippen molar-refractivity contribution < 1.29 is 28.5 Å². The number of ether oxygens (including phenoxy) is 4. The van der Waals surface area contributed by atoms with Crippen molar-refractivity contribution in [3.63, 3.8) is 0 Å². The summed E-state index contributed by atoms with van der Waals surface area (Å²) in [5, 5.41) is 0. The first-order chi connectivity index (χ1) is 20.7. The lowest BCUT2D eigenvalue weighted by molar-refractivity contribution is -0.142. The summed E-state index contributed by atoms with van der Waals surface area (Å²) in [7, 11) is 0. The molecule has 0 amide bonds. The molecule has 248 valence electrons. The van der Waals surface area contributed by atoms with Crippen molar-refractivity contribution in [3.05, 3.63) is 12.2 Å². The highest BCUT2D eigenvalue weighted by Crippen LogP contribution is 2.13. The average Bonchev–Trinajstić information content (AvgIpc) is 2.99. The van der Waals surface area contributed by atoms with Crippen molar-refractivity contribution >= 4 is 11.9 Å². The second-order valence-corrected chi connectivity index (χ2v) is 11.7. The molecule has 0 saturated heterocycles. The van der Waals surface area contributed by atoms with E-state index in [0.717, 1.165) is 25.0 Å².